The first-order chi connectivity index (χ1) is 9.79. The van der Waals surface area contributed by atoms with Crippen molar-refractivity contribution in [3.63, 3.8) is 0 Å². The fourth-order valence-corrected chi connectivity index (χ4v) is 2.46. The SMILES string of the molecule is O=C(CN1CCC(C(F)(F)F)CC1)c1c(F)cccc1F. The molecule has 1 aliphatic rings. The highest BCUT2D eigenvalue weighted by atomic mass is 19.4. The molecule has 0 amide bonds. The summed E-state index contributed by atoms with van der Waals surface area (Å²) >= 11 is 0. The van der Waals surface area contributed by atoms with Crippen molar-refractivity contribution in [1.82, 2.24) is 4.90 Å². The Morgan fingerprint density at radius 3 is 2.14 bits per heavy atom. The van der Waals surface area contributed by atoms with Gasteiger partial charge in [-0.2, -0.15) is 13.2 Å². The Hall–Kier alpha value is -1.50. The van der Waals surface area contributed by atoms with E-state index in [1.807, 2.05) is 0 Å². The number of hydrogen-bond acceptors (Lipinski definition) is 2. The van der Waals surface area contributed by atoms with Crippen LogP contribution < -0.4 is 0 Å². The van der Waals surface area contributed by atoms with Crippen LogP contribution in [0.15, 0.2) is 18.2 Å². The van der Waals surface area contributed by atoms with E-state index in [9.17, 15) is 26.7 Å². The molecular formula is C14H14F5NO. The third-order valence-electron chi connectivity index (χ3n) is 3.66. The Morgan fingerprint density at radius 2 is 1.67 bits per heavy atom. The van der Waals surface area contributed by atoms with Crippen molar-refractivity contribution in [3.05, 3.63) is 35.4 Å². The van der Waals surface area contributed by atoms with Crippen LogP contribution in [0.5, 0.6) is 0 Å². The normalized spacial score (nSPS) is 18.0. The molecule has 2 nitrogen and oxygen atoms in total. The summed E-state index contributed by atoms with van der Waals surface area (Å²) in [6, 6.07) is 3.11. The highest BCUT2D eigenvalue weighted by Gasteiger charge is 2.41. The molecule has 0 N–H and O–H groups in total. The van der Waals surface area contributed by atoms with Gasteiger partial charge in [0.25, 0.3) is 0 Å². The maximum atomic E-state index is 13.4. The molecule has 0 bridgehead atoms. The Kier molecular flexibility index (Phi) is 4.61. The van der Waals surface area contributed by atoms with E-state index in [-0.39, 0.29) is 32.5 Å². The number of ketones is 1. The zero-order valence-corrected chi connectivity index (χ0v) is 11.1. The summed E-state index contributed by atoms with van der Waals surface area (Å²) in [7, 11) is 0. The quantitative estimate of drug-likeness (QED) is 0.630. The van der Waals surface area contributed by atoms with Gasteiger partial charge in [0, 0.05) is 0 Å². The Morgan fingerprint density at radius 1 is 1.14 bits per heavy atom. The molecule has 1 heterocycles. The van der Waals surface area contributed by atoms with Gasteiger partial charge in [0.2, 0.25) is 0 Å². The third kappa shape index (κ3) is 3.78. The van der Waals surface area contributed by atoms with E-state index in [4.69, 9.17) is 0 Å². The molecule has 0 unspecified atom stereocenters. The summed E-state index contributed by atoms with van der Waals surface area (Å²) in [5.41, 5.74) is -0.629. The maximum Gasteiger partial charge on any atom is 0.391 e. The number of benzene rings is 1. The molecule has 1 fully saturated rings. The van der Waals surface area contributed by atoms with Crippen molar-refractivity contribution < 1.29 is 26.7 Å². The molecule has 0 atom stereocenters. The van der Waals surface area contributed by atoms with E-state index >= 15 is 0 Å². The molecule has 0 aromatic heterocycles. The molecule has 0 radical (unpaired) electrons. The summed E-state index contributed by atoms with van der Waals surface area (Å²) in [5.74, 6) is -4.03. The Balaban J connectivity index is 1.96. The fraction of sp³-hybridized carbons (Fsp3) is 0.500. The van der Waals surface area contributed by atoms with Gasteiger partial charge in [0.1, 0.15) is 11.6 Å². The van der Waals surface area contributed by atoms with Crippen molar-refractivity contribution >= 4 is 5.78 Å². The van der Waals surface area contributed by atoms with Crippen molar-refractivity contribution in [3.8, 4) is 0 Å². The highest BCUT2D eigenvalue weighted by Crippen LogP contribution is 2.34. The second kappa shape index (κ2) is 6.09. The van der Waals surface area contributed by atoms with Gasteiger partial charge in [0.15, 0.2) is 5.78 Å². The summed E-state index contributed by atoms with van der Waals surface area (Å²) in [6.07, 6.45) is -4.43. The van der Waals surface area contributed by atoms with Crippen LogP contribution >= 0.6 is 0 Å². The number of halogens is 5. The van der Waals surface area contributed by atoms with Crippen molar-refractivity contribution in [1.29, 1.82) is 0 Å². The zero-order chi connectivity index (χ0) is 15.6. The second-order valence-electron chi connectivity index (χ2n) is 5.11. The van der Waals surface area contributed by atoms with E-state index in [0.717, 1.165) is 18.2 Å². The van der Waals surface area contributed by atoms with Gasteiger partial charge in [-0.3, -0.25) is 9.69 Å². The first kappa shape index (κ1) is 15.9. The lowest BCUT2D eigenvalue weighted by atomic mass is 9.96. The minimum atomic E-state index is -4.23. The third-order valence-corrected chi connectivity index (χ3v) is 3.66. The molecule has 1 aromatic carbocycles. The molecule has 0 spiro atoms. The van der Waals surface area contributed by atoms with Crippen LogP contribution in [0.3, 0.4) is 0 Å². The summed E-state index contributed by atoms with van der Waals surface area (Å²) < 4.78 is 64.4. The lowest BCUT2D eigenvalue weighted by Gasteiger charge is -2.32. The predicted octanol–water partition coefficient (Wildman–Crippen LogP) is 3.42. The molecule has 2 rings (SSSR count). The van der Waals surface area contributed by atoms with Gasteiger partial charge in [-0.25, -0.2) is 8.78 Å². The van der Waals surface area contributed by atoms with E-state index in [2.05, 4.69) is 0 Å². The highest BCUT2D eigenvalue weighted by molar-refractivity contribution is 5.98. The van der Waals surface area contributed by atoms with Crippen molar-refractivity contribution in [2.75, 3.05) is 19.6 Å². The van der Waals surface area contributed by atoms with Crippen LogP contribution in [0, 0.1) is 17.6 Å². The smallest absolute Gasteiger partial charge is 0.296 e. The van der Waals surface area contributed by atoms with Crippen LogP contribution in [0.2, 0.25) is 0 Å². The number of Topliss-reactive ketones (excluding diaryl/α,β-unsaturated/α-hetero) is 1. The molecular weight excluding hydrogens is 293 g/mol. The first-order valence-corrected chi connectivity index (χ1v) is 6.55. The minimum absolute atomic E-state index is 0.0893. The van der Waals surface area contributed by atoms with E-state index in [1.165, 1.54) is 4.90 Å². The number of nitrogens with zero attached hydrogens (tertiary/aromatic N) is 1. The average Bonchev–Trinajstić information content (AvgIpc) is 2.38. The van der Waals surface area contributed by atoms with Crippen LogP contribution in [0.4, 0.5) is 22.0 Å². The number of likely N-dealkylation sites (tertiary alicyclic amines) is 1. The number of rotatable bonds is 3. The van der Waals surface area contributed by atoms with Gasteiger partial charge in [-0.05, 0) is 38.1 Å². The molecule has 7 heteroatoms. The van der Waals surface area contributed by atoms with Crippen LogP contribution in [-0.4, -0.2) is 36.5 Å². The molecule has 116 valence electrons. The first-order valence-electron chi connectivity index (χ1n) is 6.55. The van der Waals surface area contributed by atoms with Crippen LogP contribution in [-0.2, 0) is 0 Å². The van der Waals surface area contributed by atoms with E-state index < -0.39 is 35.1 Å². The number of piperidine rings is 1. The molecule has 0 saturated carbocycles. The van der Waals surface area contributed by atoms with E-state index in [0.29, 0.717) is 0 Å². The zero-order valence-electron chi connectivity index (χ0n) is 11.1. The topological polar surface area (TPSA) is 20.3 Å². The second-order valence-corrected chi connectivity index (χ2v) is 5.11. The Bertz CT molecular complexity index is 500. The summed E-state index contributed by atoms with van der Waals surface area (Å²) in [6.45, 7) is -0.0968. The number of carbonyl (C=O) groups is 1. The fourth-order valence-electron chi connectivity index (χ4n) is 2.46. The summed E-state index contributed by atoms with van der Waals surface area (Å²) in [4.78, 5) is 13.4. The molecule has 1 aliphatic heterocycles. The Labute approximate surface area is 118 Å². The van der Waals surface area contributed by atoms with Crippen LogP contribution in [0.25, 0.3) is 0 Å². The minimum Gasteiger partial charge on any atom is -0.296 e. The standard InChI is InChI=1S/C14H14F5NO/c15-10-2-1-3-11(16)13(10)12(21)8-20-6-4-9(5-7-20)14(17,18)19/h1-3,9H,4-8H2. The molecule has 21 heavy (non-hydrogen) atoms. The average molecular weight is 307 g/mol. The van der Waals surface area contributed by atoms with Gasteiger partial charge in [-0.1, -0.05) is 6.07 Å². The number of carbonyl (C=O) groups excluding carboxylic acids is 1. The van der Waals surface area contributed by atoms with E-state index in [1.54, 1.807) is 0 Å². The lowest BCUT2D eigenvalue weighted by molar-refractivity contribution is -0.184. The maximum absolute atomic E-state index is 13.4. The summed E-state index contributed by atoms with van der Waals surface area (Å²) in [5, 5.41) is 0. The molecule has 1 aromatic rings. The van der Waals surface area contributed by atoms with Gasteiger partial charge in [-0.15, -0.1) is 0 Å². The predicted molar refractivity (Wildman–Crippen MR) is 65.9 cm³/mol. The number of hydrogen-bond donors (Lipinski definition) is 0. The lowest BCUT2D eigenvalue weighted by Crippen LogP contribution is -2.41. The number of alkyl halides is 3. The largest absolute Gasteiger partial charge is 0.391 e. The molecule has 0 aliphatic carbocycles. The van der Waals surface area contributed by atoms with Gasteiger partial charge < -0.3 is 0 Å². The van der Waals surface area contributed by atoms with Crippen LogP contribution in [0.1, 0.15) is 23.2 Å². The van der Waals surface area contributed by atoms with Crippen molar-refractivity contribution in [2.24, 2.45) is 5.92 Å². The monoisotopic (exact) mass is 307 g/mol. The van der Waals surface area contributed by atoms with Gasteiger partial charge in [0.05, 0.1) is 18.0 Å². The van der Waals surface area contributed by atoms with Gasteiger partial charge >= 0.3 is 6.18 Å². The molecule has 1 saturated heterocycles. The van der Waals surface area contributed by atoms with Crippen molar-refractivity contribution in [2.45, 2.75) is 19.0 Å².